The van der Waals surface area contributed by atoms with Crippen molar-refractivity contribution in [2.45, 2.75) is 32.1 Å². The van der Waals surface area contributed by atoms with Gasteiger partial charge in [-0.3, -0.25) is 9.88 Å². The number of anilines is 1. The molecule has 1 aromatic heterocycles. The molecule has 3 rings (SSSR count). The molecule has 2 amide bonds. The number of benzene rings is 1. The number of nitrogens with one attached hydrogen (secondary N) is 1. The zero-order chi connectivity index (χ0) is 27.6. The van der Waals surface area contributed by atoms with Crippen LogP contribution in [0.2, 0.25) is 0 Å². The van der Waals surface area contributed by atoms with Crippen molar-refractivity contribution in [2.75, 3.05) is 25.0 Å². The van der Waals surface area contributed by atoms with E-state index in [1.807, 2.05) is 19.1 Å². The SMILES string of the molecule is CCN(C(=O)Nc1ccc(F)c(C(F)(F)F)c1)C1CCN(Cc2ccncc2)C1.O=C(O)/C=C\C(=O)O. The van der Waals surface area contributed by atoms with Crippen LogP contribution in [0.15, 0.2) is 54.9 Å². The molecule has 9 nitrogen and oxygen atoms in total. The fraction of sp³-hybridized carbons (Fsp3) is 0.333. The van der Waals surface area contributed by atoms with Gasteiger partial charge in [-0.2, -0.15) is 13.2 Å². The number of carbonyl (C=O) groups excluding carboxylic acids is 1. The number of likely N-dealkylation sites (tertiary alicyclic amines) is 1. The molecule has 200 valence electrons. The molecular formula is C24H26F4N4O5. The average Bonchev–Trinajstić information content (AvgIpc) is 3.27. The van der Waals surface area contributed by atoms with Crippen molar-refractivity contribution >= 4 is 23.7 Å². The van der Waals surface area contributed by atoms with Gasteiger partial charge in [0.2, 0.25) is 0 Å². The lowest BCUT2D eigenvalue weighted by Crippen LogP contribution is -2.44. The molecule has 37 heavy (non-hydrogen) atoms. The van der Waals surface area contributed by atoms with Crippen molar-refractivity contribution < 1.29 is 42.2 Å². The third-order valence-electron chi connectivity index (χ3n) is 5.34. The van der Waals surface area contributed by atoms with E-state index in [-0.39, 0.29) is 11.7 Å². The number of halogens is 4. The number of hydrogen-bond acceptors (Lipinski definition) is 5. The predicted octanol–water partition coefficient (Wildman–Crippen LogP) is 4.08. The summed E-state index contributed by atoms with van der Waals surface area (Å²) in [5.74, 6) is -3.88. The molecule has 1 fully saturated rings. The molecule has 1 saturated heterocycles. The molecule has 1 aliphatic rings. The highest BCUT2D eigenvalue weighted by molar-refractivity contribution is 5.90. The first-order chi connectivity index (χ1) is 17.4. The Morgan fingerprint density at radius 1 is 1.14 bits per heavy atom. The van der Waals surface area contributed by atoms with Gasteiger partial charge in [-0.05, 0) is 49.2 Å². The Morgan fingerprint density at radius 3 is 2.30 bits per heavy atom. The number of aromatic nitrogens is 1. The summed E-state index contributed by atoms with van der Waals surface area (Å²) < 4.78 is 52.1. The van der Waals surface area contributed by atoms with Crippen LogP contribution in [0.5, 0.6) is 0 Å². The summed E-state index contributed by atoms with van der Waals surface area (Å²) >= 11 is 0. The van der Waals surface area contributed by atoms with Crippen LogP contribution < -0.4 is 5.32 Å². The summed E-state index contributed by atoms with van der Waals surface area (Å²) in [7, 11) is 0. The van der Waals surface area contributed by atoms with Gasteiger partial charge in [0, 0.05) is 62.5 Å². The van der Waals surface area contributed by atoms with Gasteiger partial charge in [0.15, 0.2) is 0 Å². The van der Waals surface area contributed by atoms with Gasteiger partial charge < -0.3 is 20.4 Å². The van der Waals surface area contributed by atoms with E-state index in [2.05, 4.69) is 15.2 Å². The van der Waals surface area contributed by atoms with E-state index in [0.29, 0.717) is 37.4 Å². The fourth-order valence-electron chi connectivity index (χ4n) is 3.68. The summed E-state index contributed by atoms with van der Waals surface area (Å²) in [5, 5.41) is 18.1. The number of amides is 2. The highest BCUT2D eigenvalue weighted by Crippen LogP contribution is 2.33. The summed E-state index contributed by atoms with van der Waals surface area (Å²) in [4.78, 5) is 39.6. The second kappa shape index (κ2) is 13.3. The van der Waals surface area contributed by atoms with Gasteiger partial charge in [0.25, 0.3) is 0 Å². The molecule has 0 aliphatic carbocycles. The topological polar surface area (TPSA) is 123 Å². The van der Waals surface area contributed by atoms with E-state index in [1.54, 1.807) is 17.3 Å². The van der Waals surface area contributed by atoms with Crippen LogP contribution in [-0.2, 0) is 22.3 Å². The molecule has 1 aromatic carbocycles. The molecule has 2 heterocycles. The number of hydrogen-bond donors (Lipinski definition) is 3. The number of aliphatic carboxylic acids is 2. The Morgan fingerprint density at radius 2 is 1.76 bits per heavy atom. The number of alkyl halides is 3. The molecule has 1 atom stereocenters. The minimum absolute atomic E-state index is 0.0515. The lowest BCUT2D eigenvalue weighted by molar-refractivity contribution is -0.140. The number of carboxylic acids is 2. The van der Waals surface area contributed by atoms with Crippen LogP contribution in [0.4, 0.5) is 28.0 Å². The maximum Gasteiger partial charge on any atom is 0.419 e. The summed E-state index contributed by atoms with van der Waals surface area (Å²) in [6.45, 7) is 4.45. The quantitative estimate of drug-likeness (QED) is 0.367. The Kier molecular flexibility index (Phi) is 10.5. The average molecular weight is 526 g/mol. The van der Waals surface area contributed by atoms with E-state index in [0.717, 1.165) is 31.1 Å². The predicted molar refractivity (Wildman–Crippen MR) is 125 cm³/mol. The van der Waals surface area contributed by atoms with Crippen LogP contribution in [-0.4, -0.2) is 68.6 Å². The van der Waals surface area contributed by atoms with Crippen LogP contribution in [0.1, 0.15) is 24.5 Å². The van der Waals surface area contributed by atoms with Gasteiger partial charge in [-0.1, -0.05) is 0 Å². The zero-order valence-corrected chi connectivity index (χ0v) is 19.8. The molecule has 0 bridgehead atoms. The van der Waals surface area contributed by atoms with Crippen molar-refractivity contribution in [3.63, 3.8) is 0 Å². The maximum atomic E-state index is 13.4. The van der Waals surface area contributed by atoms with Gasteiger partial charge in [0.05, 0.1) is 5.56 Å². The molecule has 0 saturated carbocycles. The number of carbonyl (C=O) groups is 3. The van der Waals surface area contributed by atoms with E-state index >= 15 is 0 Å². The number of carboxylic acid groups (broad SMARTS) is 2. The van der Waals surface area contributed by atoms with Crippen molar-refractivity contribution in [3.05, 3.63) is 71.8 Å². The zero-order valence-electron chi connectivity index (χ0n) is 19.8. The van der Waals surface area contributed by atoms with Crippen molar-refractivity contribution in [1.29, 1.82) is 0 Å². The second-order valence-corrected chi connectivity index (χ2v) is 7.95. The molecule has 3 N–H and O–H groups in total. The van der Waals surface area contributed by atoms with Gasteiger partial charge >= 0.3 is 24.1 Å². The number of nitrogens with zero attached hydrogens (tertiary/aromatic N) is 3. The first kappa shape index (κ1) is 29.2. The third-order valence-corrected chi connectivity index (χ3v) is 5.34. The number of urea groups is 1. The van der Waals surface area contributed by atoms with Crippen LogP contribution in [0.25, 0.3) is 0 Å². The first-order valence-corrected chi connectivity index (χ1v) is 11.1. The van der Waals surface area contributed by atoms with E-state index in [1.165, 1.54) is 0 Å². The smallest absolute Gasteiger partial charge is 0.419 e. The Balaban J connectivity index is 0.000000521. The Bertz CT molecular complexity index is 1100. The van der Waals surface area contributed by atoms with E-state index in [4.69, 9.17) is 10.2 Å². The fourth-order valence-corrected chi connectivity index (χ4v) is 3.68. The highest BCUT2D eigenvalue weighted by Gasteiger charge is 2.35. The van der Waals surface area contributed by atoms with Gasteiger partial charge in [-0.15, -0.1) is 0 Å². The first-order valence-electron chi connectivity index (χ1n) is 11.1. The molecule has 1 unspecified atom stereocenters. The number of rotatable bonds is 7. The van der Waals surface area contributed by atoms with Gasteiger partial charge in [-0.25, -0.2) is 18.8 Å². The second-order valence-electron chi connectivity index (χ2n) is 7.95. The third kappa shape index (κ3) is 9.52. The number of likely N-dealkylation sites (N-methyl/N-ethyl adjacent to an activating group) is 1. The van der Waals surface area contributed by atoms with Crippen LogP contribution >= 0.6 is 0 Å². The molecular weight excluding hydrogens is 500 g/mol. The van der Waals surface area contributed by atoms with Crippen molar-refractivity contribution in [2.24, 2.45) is 0 Å². The summed E-state index contributed by atoms with van der Waals surface area (Å²) in [6.07, 6.45) is 0.515. The molecule has 2 aromatic rings. The maximum absolute atomic E-state index is 13.4. The normalized spacial score (nSPS) is 15.6. The van der Waals surface area contributed by atoms with Crippen molar-refractivity contribution in [1.82, 2.24) is 14.8 Å². The molecule has 1 aliphatic heterocycles. The van der Waals surface area contributed by atoms with Gasteiger partial charge in [0.1, 0.15) is 5.82 Å². The molecule has 0 radical (unpaired) electrons. The lowest BCUT2D eigenvalue weighted by Gasteiger charge is -2.28. The minimum atomic E-state index is -4.83. The van der Waals surface area contributed by atoms with Crippen molar-refractivity contribution in [3.8, 4) is 0 Å². The van der Waals surface area contributed by atoms with E-state index in [9.17, 15) is 31.9 Å². The van der Waals surface area contributed by atoms with E-state index < -0.39 is 35.5 Å². The summed E-state index contributed by atoms with van der Waals surface area (Å²) in [6, 6.07) is 5.77. The Labute approximate surface area is 210 Å². The van der Waals surface area contributed by atoms with Crippen LogP contribution in [0, 0.1) is 5.82 Å². The Hall–Kier alpha value is -4.00. The molecule has 13 heteroatoms. The molecule has 0 spiro atoms. The minimum Gasteiger partial charge on any atom is -0.478 e. The highest BCUT2D eigenvalue weighted by atomic mass is 19.4. The summed E-state index contributed by atoms with van der Waals surface area (Å²) in [5.41, 5.74) is -0.365. The van der Waals surface area contributed by atoms with Crippen LogP contribution in [0.3, 0.4) is 0 Å². The largest absolute Gasteiger partial charge is 0.478 e. The monoisotopic (exact) mass is 526 g/mol. The number of pyridine rings is 1. The lowest BCUT2D eigenvalue weighted by atomic mass is 10.2. The standard InChI is InChI=1S/C20H22F4N4O.C4H4O4/c1-2-28(16-7-10-27(13-16)12-14-5-8-25-9-6-14)19(29)26-15-3-4-18(21)17(11-15)20(22,23)24;5-3(6)1-2-4(7)8/h3-6,8-9,11,16H,2,7,10,12-13H2,1H3,(H,26,29);1-2H,(H,5,6)(H,7,8)/b;2-1-.